The van der Waals surface area contributed by atoms with Crippen molar-refractivity contribution < 1.29 is 14.3 Å². The second kappa shape index (κ2) is 5.03. The van der Waals surface area contributed by atoms with Crippen molar-refractivity contribution in [1.82, 2.24) is 4.90 Å². The first-order valence-corrected chi connectivity index (χ1v) is 6.98. The van der Waals surface area contributed by atoms with Gasteiger partial charge < -0.3 is 4.74 Å². The van der Waals surface area contributed by atoms with E-state index in [-0.39, 0.29) is 18.2 Å². The molecule has 1 heterocycles. The van der Waals surface area contributed by atoms with E-state index in [0.717, 1.165) is 0 Å². The Morgan fingerprint density at radius 3 is 2.48 bits per heavy atom. The van der Waals surface area contributed by atoms with Crippen LogP contribution in [0.2, 0.25) is 0 Å². The number of rotatable bonds is 2. The molecule has 2 aliphatic rings. The molecule has 1 fully saturated rings. The van der Waals surface area contributed by atoms with Crippen molar-refractivity contribution in [2.45, 2.75) is 45.9 Å². The van der Waals surface area contributed by atoms with Crippen LogP contribution in [0.3, 0.4) is 0 Å². The molecule has 1 saturated heterocycles. The van der Waals surface area contributed by atoms with E-state index < -0.39 is 23.2 Å². The van der Waals surface area contributed by atoms with E-state index in [0.29, 0.717) is 0 Å². The molecule has 21 heavy (non-hydrogen) atoms. The minimum Gasteiger partial charge on any atom is -0.439 e. The summed E-state index contributed by atoms with van der Waals surface area (Å²) in [5, 5.41) is 9.04. The van der Waals surface area contributed by atoms with E-state index in [1.54, 1.807) is 27.7 Å². The Kier molecular flexibility index (Phi) is 3.66. The maximum Gasteiger partial charge on any atom is 0.334 e. The van der Waals surface area contributed by atoms with E-state index in [1.807, 2.05) is 30.4 Å². The first-order chi connectivity index (χ1) is 9.71. The standard InChI is InChI=1S/C16H20N2O3/c1-15(2,3)13(19)18-12(11-7-5-6-8-11)21-14(20)16(18,4)9-10-17/h5-8,11-12H,9H2,1-4H3/t12-,16+/m0/s1. The maximum atomic E-state index is 12.8. The Morgan fingerprint density at radius 2 is 2.00 bits per heavy atom. The smallest absolute Gasteiger partial charge is 0.334 e. The predicted molar refractivity (Wildman–Crippen MR) is 76.6 cm³/mol. The number of hydrogen-bond donors (Lipinski definition) is 0. The van der Waals surface area contributed by atoms with Crippen molar-refractivity contribution in [3.8, 4) is 6.07 Å². The fourth-order valence-corrected chi connectivity index (χ4v) is 2.57. The van der Waals surface area contributed by atoms with E-state index in [2.05, 4.69) is 0 Å². The summed E-state index contributed by atoms with van der Waals surface area (Å²) in [5.74, 6) is -0.870. The number of allylic oxidation sites excluding steroid dienone is 2. The van der Waals surface area contributed by atoms with Gasteiger partial charge in [-0.1, -0.05) is 45.1 Å². The molecule has 0 N–H and O–H groups in total. The lowest BCUT2D eigenvalue weighted by atomic mass is 9.88. The fraction of sp³-hybridized carbons (Fsp3) is 0.562. The molecule has 0 aromatic heterocycles. The highest BCUT2D eigenvalue weighted by Gasteiger charge is 2.57. The molecular formula is C16H20N2O3. The molecule has 5 heteroatoms. The summed E-state index contributed by atoms with van der Waals surface area (Å²) in [5.41, 5.74) is -1.89. The van der Waals surface area contributed by atoms with Crippen molar-refractivity contribution in [2.75, 3.05) is 0 Å². The first-order valence-electron chi connectivity index (χ1n) is 6.98. The SMILES string of the molecule is CC(C)(C)C(=O)N1[C@H](C2C=CC=C2)OC(=O)[C@@]1(C)CC#N. The van der Waals surface area contributed by atoms with Gasteiger partial charge in [-0.2, -0.15) is 5.26 Å². The molecule has 112 valence electrons. The van der Waals surface area contributed by atoms with Gasteiger partial charge in [-0.05, 0) is 6.92 Å². The van der Waals surface area contributed by atoms with Gasteiger partial charge in [0.05, 0.1) is 18.4 Å². The molecule has 0 saturated carbocycles. The highest BCUT2D eigenvalue weighted by molar-refractivity contribution is 5.93. The van der Waals surface area contributed by atoms with Crippen LogP contribution >= 0.6 is 0 Å². The van der Waals surface area contributed by atoms with Gasteiger partial charge in [-0.15, -0.1) is 0 Å². The molecule has 1 aliphatic carbocycles. The fourth-order valence-electron chi connectivity index (χ4n) is 2.57. The van der Waals surface area contributed by atoms with Crippen LogP contribution in [0.4, 0.5) is 0 Å². The number of nitrogens with zero attached hydrogens (tertiary/aromatic N) is 2. The number of nitriles is 1. The first kappa shape index (κ1) is 15.3. The van der Waals surface area contributed by atoms with Crippen LogP contribution in [0.5, 0.6) is 0 Å². The second-order valence-electron chi connectivity index (χ2n) is 6.68. The summed E-state index contributed by atoms with van der Waals surface area (Å²) in [7, 11) is 0. The Labute approximate surface area is 124 Å². The highest BCUT2D eigenvalue weighted by Crippen LogP contribution is 2.39. The van der Waals surface area contributed by atoms with Gasteiger partial charge in [-0.3, -0.25) is 9.69 Å². The third-order valence-corrected chi connectivity index (χ3v) is 3.84. The largest absolute Gasteiger partial charge is 0.439 e. The van der Waals surface area contributed by atoms with Crippen molar-refractivity contribution in [1.29, 1.82) is 5.26 Å². The van der Waals surface area contributed by atoms with Crippen molar-refractivity contribution in [3.05, 3.63) is 24.3 Å². The van der Waals surface area contributed by atoms with E-state index >= 15 is 0 Å². The van der Waals surface area contributed by atoms with Crippen molar-refractivity contribution in [2.24, 2.45) is 11.3 Å². The number of cyclic esters (lactones) is 1. The van der Waals surface area contributed by atoms with Crippen LogP contribution in [0.15, 0.2) is 24.3 Å². The number of amides is 1. The average molecular weight is 288 g/mol. The molecular weight excluding hydrogens is 268 g/mol. The van der Waals surface area contributed by atoms with Gasteiger partial charge in [0.15, 0.2) is 11.8 Å². The Bertz CT molecular complexity index is 553. The normalized spacial score (nSPS) is 28.8. The molecule has 0 unspecified atom stereocenters. The molecule has 1 aliphatic heterocycles. The van der Waals surface area contributed by atoms with Gasteiger partial charge >= 0.3 is 5.97 Å². The molecule has 2 atom stereocenters. The number of esters is 1. The summed E-state index contributed by atoms with van der Waals surface area (Å²) >= 11 is 0. The number of ether oxygens (including phenoxy) is 1. The Morgan fingerprint density at radius 1 is 1.43 bits per heavy atom. The van der Waals surface area contributed by atoms with Gasteiger partial charge in [-0.25, -0.2) is 4.79 Å². The summed E-state index contributed by atoms with van der Waals surface area (Å²) < 4.78 is 5.45. The van der Waals surface area contributed by atoms with Gasteiger partial charge in [0.25, 0.3) is 0 Å². The zero-order chi connectivity index (χ0) is 15.8. The second-order valence-corrected chi connectivity index (χ2v) is 6.68. The minimum atomic E-state index is -1.23. The van der Waals surface area contributed by atoms with Crippen LogP contribution < -0.4 is 0 Å². The zero-order valence-electron chi connectivity index (χ0n) is 12.8. The number of hydrogen-bond acceptors (Lipinski definition) is 4. The number of carbonyl (C=O) groups is 2. The van der Waals surface area contributed by atoms with E-state index in [1.165, 1.54) is 4.90 Å². The predicted octanol–water partition coefficient (Wildman–Crippen LogP) is 2.16. The lowest BCUT2D eigenvalue weighted by molar-refractivity contribution is -0.150. The minimum absolute atomic E-state index is 0.0791. The highest BCUT2D eigenvalue weighted by atomic mass is 16.6. The van der Waals surface area contributed by atoms with Gasteiger partial charge in [0, 0.05) is 5.41 Å². The lowest BCUT2D eigenvalue weighted by Gasteiger charge is -2.37. The van der Waals surface area contributed by atoms with Crippen LogP contribution in [0, 0.1) is 22.7 Å². The summed E-state index contributed by atoms with van der Waals surface area (Å²) in [4.78, 5) is 26.5. The molecule has 0 bridgehead atoms. The van der Waals surface area contributed by atoms with Crippen LogP contribution in [0.1, 0.15) is 34.1 Å². The van der Waals surface area contributed by atoms with Crippen LogP contribution in [-0.2, 0) is 14.3 Å². The van der Waals surface area contributed by atoms with Crippen molar-refractivity contribution >= 4 is 11.9 Å². The number of carbonyl (C=O) groups excluding carboxylic acids is 2. The van der Waals surface area contributed by atoms with E-state index in [9.17, 15) is 9.59 Å². The molecule has 0 aromatic rings. The van der Waals surface area contributed by atoms with Crippen molar-refractivity contribution in [3.63, 3.8) is 0 Å². The summed E-state index contributed by atoms with van der Waals surface area (Å²) in [6.45, 7) is 6.98. The summed E-state index contributed by atoms with van der Waals surface area (Å²) in [6, 6.07) is 2.00. The quantitative estimate of drug-likeness (QED) is 0.730. The maximum absolute atomic E-state index is 12.8. The molecule has 0 spiro atoms. The topological polar surface area (TPSA) is 70.4 Å². The zero-order valence-corrected chi connectivity index (χ0v) is 12.8. The Hall–Kier alpha value is -2.09. The van der Waals surface area contributed by atoms with E-state index in [4.69, 9.17) is 10.00 Å². The van der Waals surface area contributed by atoms with Crippen LogP contribution in [-0.4, -0.2) is 28.5 Å². The van der Waals surface area contributed by atoms with Gasteiger partial charge in [0.1, 0.15) is 0 Å². The Balaban J connectivity index is 2.45. The summed E-state index contributed by atoms with van der Waals surface area (Å²) in [6.07, 6.45) is 6.73. The third kappa shape index (κ3) is 2.46. The average Bonchev–Trinajstić information content (AvgIpc) is 2.96. The monoisotopic (exact) mass is 288 g/mol. The molecule has 1 amide bonds. The molecule has 0 radical (unpaired) electrons. The molecule has 0 aromatic carbocycles. The molecule has 5 nitrogen and oxygen atoms in total. The molecule has 2 rings (SSSR count). The lowest BCUT2D eigenvalue weighted by Crippen LogP contribution is -2.55. The van der Waals surface area contributed by atoms with Crippen LogP contribution in [0.25, 0.3) is 0 Å². The third-order valence-electron chi connectivity index (χ3n) is 3.84. The van der Waals surface area contributed by atoms with Gasteiger partial charge in [0.2, 0.25) is 5.91 Å².